The summed E-state index contributed by atoms with van der Waals surface area (Å²) in [5.74, 6) is -0.159. The van der Waals surface area contributed by atoms with Crippen LogP contribution in [0.2, 0.25) is 0 Å². The molecule has 0 bridgehead atoms. The monoisotopic (exact) mass is 253 g/mol. The molecule has 1 N–H and O–H groups in total. The number of nitrogens with one attached hydrogen (secondary N) is 1. The molecule has 0 aliphatic carbocycles. The highest BCUT2D eigenvalue weighted by Crippen LogP contribution is 2.19. The quantitative estimate of drug-likeness (QED) is 0.755. The summed E-state index contributed by atoms with van der Waals surface area (Å²) in [4.78, 5) is 0. The lowest BCUT2D eigenvalue weighted by Crippen LogP contribution is -2.20. The van der Waals surface area contributed by atoms with E-state index in [0.29, 0.717) is 11.5 Å². The summed E-state index contributed by atoms with van der Waals surface area (Å²) in [5.41, 5.74) is 1.12. The summed E-state index contributed by atoms with van der Waals surface area (Å²) in [6.07, 6.45) is 2.75. The van der Waals surface area contributed by atoms with Gasteiger partial charge in [0, 0.05) is 5.56 Å². The van der Waals surface area contributed by atoms with E-state index in [0.717, 1.165) is 31.1 Å². The lowest BCUT2D eigenvalue weighted by atomic mass is 10.1. The first-order chi connectivity index (χ1) is 8.50. The van der Waals surface area contributed by atoms with Crippen molar-refractivity contribution in [2.24, 2.45) is 5.92 Å². The van der Waals surface area contributed by atoms with Crippen LogP contribution in [0.1, 0.15) is 32.8 Å². The predicted octanol–water partition coefficient (Wildman–Crippen LogP) is 4.00. The second-order valence-corrected chi connectivity index (χ2v) is 4.90. The van der Waals surface area contributed by atoms with E-state index in [2.05, 4.69) is 19.2 Å². The minimum Gasteiger partial charge on any atom is -0.316 e. The molecule has 18 heavy (non-hydrogen) atoms. The minimum absolute atomic E-state index is 0.346. The van der Waals surface area contributed by atoms with Crippen LogP contribution in [0.3, 0.4) is 0 Å². The van der Waals surface area contributed by atoms with Crippen LogP contribution >= 0.6 is 0 Å². The molecule has 0 atom stereocenters. The molecular weight excluding hydrogens is 232 g/mol. The fourth-order valence-corrected chi connectivity index (χ4v) is 1.69. The first-order valence-electron chi connectivity index (χ1n) is 6.33. The number of allylic oxidation sites excluding steroid dienone is 1. The first-order valence-corrected chi connectivity index (χ1v) is 6.33. The summed E-state index contributed by atoms with van der Waals surface area (Å²) < 4.78 is 26.5. The Morgan fingerprint density at radius 3 is 2.72 bits per heavy atom. The molecule has 0 radical (unpaired) electrons. The van der Waals surface area contributed by atoms with Gasteiger partial charge in [0.05, 0.1) is 0 Å². The van der Waals surface area contributed by atoms with Crippen LogP contribution in [0.5, 0.6) is 0 Å². The molecule has 0 fully saturated rings. The van der Waals surface area contributed by atoms with Crippen molar-refractivity contribution in [1.29, 1.82) is 0 Å². The maximum Gasteiger partial charge on any atom is 0.130 e. The highest BCUT2D eigenvalue weighted by molar-refractivity contribution is 5.64. The molecule has 1 nitrogen and oxygen atoms in total. The molecule has 0 aliphatic rings. The average molecular weight is 253 g/mol. The van der Waals surface area contributed by atoms with Crippen LogP contribution in [0.4, 0.5) is 8.78 Å². The molecule has 0 saturated carbocycles. The number of rotatable bonds is 6. The second kappa shape index (κ2) is 7.27. The lowest BCUT2D eigenvalue weighted by molar-refractivity contribution is 0.557. The van der Waals surface area contributed by atoms with Crippen molar-refractivity contribution >= 4 is 5.57 Å². The molecule has 0 aromatic heterocycles. The summed E-state index contributed by atoms with van der Waals surface area (Å²) in [6.45, 7) is 7.93. The predicted molar refractivity (Wildman–Crippen MR) is 72.3 cm³/mol. The van der Waals surface area contributed by atoms with E-state index in [4.69, 9.17) is 0 Å². The fourth-order valence-electron chi connectivity index (χ4n) is 1.69. The van der Waals surface area contributed by atoms with Gasteiger partial charge in [-0.15, -0.1) is 0 Å². The molecule has 1 aromatic rings. The van der Waals surface area contributed by atoms with Crippen LogP contribution in [0.25, 0.3) is 5.57 Å². The zero-order valence-electron chi connectivity index (χ0n) is 11.3. The van der Waals surface area contributed by atoms with E-state index in [1.165, 1.54) is 12.1 Å². The highest BCUT2D eigenvalue weighted by atomic mass is 19.1. The molecule has 3 heteroatoms. The van der Waals surface area contributed by atoms with Crippen molar-refractivity contribution < 1.29 is 8.78 Å². The van der Waals surface area contributed by atoms with Crippen LogP contribution < -0.4 is 5.32 Å². The van der Waals surface area contributed by atoms with E-state index in [1.807, 2.05) is 6.08 Å². The van der Waals surface area contributed by atoms with Gasteiger partial charge in [-0.25, -0.2) is 8.78 Å². The molecule has 1 aromatic carbocycles. The maximum absolute atomic E-state index is 13.5. The topological polar surface area (TPSA) is 12.0 Å². The van der Waals surface area contributed by atoms with Gasteiger partial charge in [-0.3, -0.25) is 0 Å². The molecular formula is C15H21F2N. The Kier molecular flexibility index (Phi) is 5.99. The van der Waals surface area contributed by atoms with Crippen LogP contribution in [-0.2, 0) is 0 Å². The normalized spacial score (nSPS) is 12.2. The van der Waals surface area contributed by atoms with Crippen molar-refractivity contribution in [1.82, 2.24) is 5.32 Å². The smallest absolute Gasteiger partial charge is 0.130 e. The molecule has 0 aliphatic heterocycles. The largest absolute Gasteiger partial charge is 0.316 e. The van der Waals surface area contributed by atoms with Crippen molar-refractivity contribution in [3.63, 3.8) is 0 Å². The van der Waals surface area contributed by atoms with Gasteiger partial charge >= 0.3 is 0 Å². The fraction of sp³-hybridized carbons (Fsp3) is 0.467. The van der Waals surface area contributed by atoms with Gasteiger partial charge in [0.1, 0.15) is 11.6 Å². The molecule has 0 heterocycles. The third-order valence-electron chi connectivity index (χ3n) is 2.68. The Morgan fingerprint density at radius 2 is 2.06 bits per heavy atom. The summed E-state index contributed by atoms with van der Waals surface area (Å²) in [6, 6.07) is 3.54. The zero-order chi connectivity index (χ0) is 13.5. The van der Waals surface area contributed by atoms with Crippen molar-refractivity contribution in [2.45, 2.75) is 27.2 Å². The van der Waals surface area contributed by atoms with Gasteiger partial charge in [0.15, 0.2) is 0 Å². The number of hydrogen-bond acceptors (Lipinski definition) is 1. The molecule has 0 amide bonds. The van der Waals surface area contributed by atoms with E-state index >= 15 is 0 Å². The Labute approximate surface area is 108 Å². The third kappa shape index (κ3) is 4.96. The minimum atomic E-state index is -0.405. The van der Waals surface area contributed by atoms with Gasteiger partial charge in [-0.2, -0.15) is 0 Å². The summed E-state index contributed by atoms with van der Waals surface area (Å²) in [5, 5.41) is 3.31. The Balaban J connectivity index is 2.52. The molecule has 0 saturated heterocycles. The van der Waals surface area contributed by atoms with Crippen LogP contribution in [0, 0.1) is 17.6 Å². The van der Waals surface area contributed by atoms with Crippen LogP contribution in [0.15, 0.2) is 24.3 Å². The number of halogens is 2. The highest BCUT2D eigenvalue weighted by Gasteiger charge is 2.05. The molecule has 0 unspecified atom stereocenters. The number of hydrogen-bond donors (Lipinski definition) is 1. The van der Waals surface area contributed by atoms with Crippen molar-refractivity contribution in [3.05, 3.63) is 41.5 Å². The van der Waals surface area contributed by atoms with Gasteiger partial charge in [0.25, 0.3) is 0 Å². The standard InChI is InChI=1S/C15H21F2N/c1-11(2)10-18-8-4-5-12(3)14-9-13(16)6-7-15(14)17/h5-7,9,11,18H,4,8,10H2,1-3H3. The van der Waals surface area contributed by atoms with E-state index in [1.54, 1.807) is 6.92 Å². The van der Waals surface area contributed by atoms with Gasteiger partial charge in [-0.1, -0.05) is 19.9 Å². The number of benzene rings is 1. The van der Waals surface area contributed by atoms with Gasteiger partial charge in [-0.05, 0) is 56.1 Å². The Morgan fingerprint density at radius 1 is 1.33 bits per heavy atom. The summed E-state index contributed by atoms with van der Waals surface area (Å²) >= 11 is 0. The molecule has 0 spiro atoms. The van der Waals surface area contributed by atoms with Gasteiger partial charge < -0.3 is 5.32 Å². The van der Waals surface area contributed by atoms with Crippen molar-refractivity contribution in [3.8, 4) is 0 Å². The third-order valence-corrected chi connectivity index (χ3v) is 2.68. The second-order valence-electron chi connectivity index (χ2n) is 4.90. The SMILES string of the molecule is CC(=CCCNCC(C)C)c1cc(F)ccc1F. The average Bonchev–Trinajstić information content (AvgIpc) is 2.31. The lowest BCUT2D eigenvalue weighted by Gasteiger charge is -2.07. The Bertz CT molecular complexity index is 411. The van der Waals surface area contributed by atoms with E-state index in [-0.39, 0.29) is 5.82 Å². The molecule has 1 rings (SSSR count). The molecule has 100 valence electrons. The Hall–Kier alpha value is -1.22. The first kappa shape index (κ1) is 14.8. The van der Waals surface area contributed by atoms with Gasteiger partial charge in [0.2, 0.25) is 0 Å². The maximum atomic E-state index is 13.5. The van der Waals surface area contributed by atoms with E-state index in [9.17, 15) is 8.78 Å². The van der Waals surface area contributed by atoms with E-state index < -0.39 is 5.82 Å². The van der Waals surface area contributed by atoms with Crippen molar-refractivity contribution in [2.75, 3.05) is 13.1 Å². The van der Waals surface area contributed by atoms with Crippen LogP contribution in [-0.4, -0.2) is 13.1 Å². The summed E-state index contributed by atoms with van der Waals surface area (Å²) in [7, 11) is 0. The zero-order valence-corrected chi connectivity index (χ0v) is 11.3.